The molecule has 0 fully saturated rings. The molecule has 1 aliphatic carbocycles. The Morgan fingerprint density at radius 3 is 2.61 bits per heavy atom. The molecule has 1 atom stereocenters. The van der Waals surface area contributed by atoms with Crippen molar-refractivity contribution in [2.24, 2.45) is 5.41 Å². The highest BCUT2D eigenvalue weighted by molar-refractivity contribution is 5.93. The van der Waals surface area contributed by atoms with Gasteiger partial charge in [-0.15, -0.1) is 0 Å². The van der Waals surface area contributed by atoms with Crippen molar-refractivity contribution in [3.05, 3.63) is 22.6 Å². The van der Waals surface area contributed by atoms with Crippen LogP contribution in [0.25, 0.3) is 0 Å². The Bertz CT molecular complexity index is 485. The monoisotopic (exact) mass is 251 g/mol. The number of carbonyl (C=O) groups is 1. The molecule has 0 spiro atoms. The third-order valence-corrected chi connectivity index (χ3v) is 3.59. The fraction of sp³-hybridized carbons (Fsp3) is 0.643. The van der Waals surface area contributed by atoms with Crippen LogP contribution in [-0.4, -0.2) is 30.0 Å². The Labute approximate surface area is 108 Å². The molecule has 1 aromatic rings. The SMILES string of the molecule is Cc1c(C(=O)N(C)C)oc2c1C(O)CC(C)(C)C2. The lowest BCUT2D eigenvalue weighted by atomic mass is 9.75. The fourth-order valence-electron chi connectivity index (χ4n) is 2.69. The maximum atomic E-state index is 12.0. The average molecular weight is 251 g/mol. The zero-order valence-corrected chi connectivity index (χ0v) is 11.7. The van der Waals surface area contributed by atoms with Gasteiger partial charge in [-0.2, -0.15) is 0 Å². The Hall–Kier alpha value is -1.29. The van der Waals surface area contributed by atoms with Crippen molar-refractivity contribution in [1.82, 2.24) is 4.90 Å². The second-order valence-corrected chi connectivity index (χ2v) is 6.15. The Morgan fingerprint density at radius 2 is 2.06 bits per heavy atom. The van der Waals surface area contributed by atoms with Crippen LogP contribution in [0.15, 0.2) is 4.42 Å². The van der Waals surface area contributed by atoms with Crippen molar-refractivity contribution in [3.63, 3.8) is 0 Å². The summed E-state index contributed by atoms with van der Waals surface area (Å²) in [5.41, 5.74) is 1.61. The predicted octanol–water partition coefficient (Wildman–Crippen LogP) is 2.30. The molecular weight excluding hydrogens is 230 g/mol. The molecule has 2 rings (SSSR count). The maximum Gasteiger partial charge on any atom is 0.289 e. The largest absolute Gasteiger partial charge is 0.455 e. The summed E-state index contributed by atoms with van der Waals surface area (Å²) in [5, 5.41) is 10.2. The molecule has 0 aliphatic heterocycles. The lowest BCUT2D eigenvalue weighted by Gasteiger charge is -2.31. The highest BCUT2D eigenvalue weighted by Gasteiger charge is 2.37. The number of hydrogen-bond acceptors (Lipinski definition) is 3. The predicted molar refractivity (Wildman–Crippen MR) is 68.5 cm³/mol. The number of furan rings is 1. The number of hydrogen-bond donors (Lipinski definition) is 1. The Kier molecular flexibility index (Phi) is 3.01. The summed E-state index contributed by atoms with van der Waals surface area (Å²) in [5.74, 6) is 0.982. The molecule has 18 heavy (non-hydrogen) atoms. The molecule has 1 heterocycles. The minimum absolute atomic E-state index is 0.00907. The van der Waals surface area contributed by atoms with Crippen LogP contribution in [0.2, 0.25) is 0 Å². The van der Waals surface area contributed by atoms with Crippen molar-refractivity contribution < 1.29 is 14.3 Å². The van der Waals surface area contributed by atoms with E-state index in [1.54, 1.807) is 14.1 Å². The molecular formula is C14H21NO3. The number of fused-ring (bicyclic) bond motifs is 1. The first kappa shape index (κ1) is 13.1. The molecule has 4 nitrogen and oxygen atoms in total. The second-order valence-electron chi connectivity index (χ2n) is 6.15. The third-order valence-electron chi connectivity index (χ3n) is 3.59. The van der Waals surface area contributed by atoms with E-state index in [9.17, 15) is 9.90 Å². The molecule has 0 saturated carbocycles. The van der Waals surface area contributed by atoms with Crippen molar-refractivity contribution in [2.75, 3.05) is 14.1 Å². The Balaban J connectivity index is 2.49. The molecule has 1 aliphatic rings. The first-order valence-electron chi connectivity index (χ1n) is 6.25. The highest BCUT2D eigenvalue weighted by Crippen LogP contribution is 2.43. The molecule has 0 radical (unpaired) electrons. The van der Waals surface area contributed by atoms with Crippen molar-refractivity contribution >= 4 is 5.91 Å². The minimum Gasteiger partial charge on any atom is -0.455 e. The minimum atomic E-state index is -0.531. The van der Waals surface area contributed by atoms with Crippen LogP contribution >= 0.6 is 0 Å². The number of amides is 1. The van der Waals surface area contributed by atoms with E-state index in [1.165, 1.54) is 4.90 Å². The molecule has 1 N–H and O–H groups in total. The van der Waals surface area contributed by atoms with Gasteiger partial charge in [-0.25, -0.2) is 0 Å². The van der Waals surface area contributed by atoms with E-state index < -0.39 is 6.10 Å². The maximum absolute atomic E-state index is 12.0. The highest BCUT2D eigenvalue weighted by atomic mass is 16.4. The molecule has 0 aromatic carbocycles. The van der Waals surface area contributed by atoms with Gasteiger partial charge in [0.1, 0.15) is 5.76 Å². The van der Waals surface area contributed by atoms with E-state index in [2.05, 4.69) is 13.8 Å². The van der Waals surface area contributed by atoms with E-state index in [0.717, 1.165) is 23.3 Å². The molecule has 1 amide bonds. The molecule has 0 saturated heterocycles. The summed E-state index contributed by atoms with van der Waals surface area (Å²) < 4.78 is 5.71. The van der Waals surface area contributed by atoms with E-state index in [1.807, 2.05) is 6.92 Å². The fourth-order valence-corrected chi connectivity index (χ4v) is 2.69. The average Bonchev–Trinajstić information content (AvgIpc) is 2.52. The van der Waals surface area contributed by atoms with Crippen LogP contribution < -0.4 is 0 Å². The van der Waals surface area contributed by atoms with Crippen LogP contribution in [0.1, 0.15) is 53.8 Å². The first-order chi connectivity index (χ1) is 8.23. The molecule has 4 heteroatoms. The summed E-state index contributed by atoms with van der Waals surface area (Å²) >= 11 is 0. The normalized spacial score (nSPS) is 21.6. The van der Waals surface area contributed by atoms with Gasteiger partial charge >= 0.3 is 0 Å². The number of carbonyl (C=O) groups excluding carboxylic acids is 1. The quantitative estimate of drug-likeness (QED) is 0.833. The van der Waals surface area contributed by atoms with Gasteiger partial charge in [-0.05, 0) is 18.8 Å². The van der Waals surface area contributed by atoms with E-state index in [-0.39, 0.29) is 11.3 Å². The van der Waals surface area contributed by atoms with E-state index >= 15 is 0 Å². The Morgan fingerprint density at radius 1 is 1.44 bits per heavy atom. The number of nitrogens with zero attached hydrogens (tertiary/aromatic N) is 1. The van der Waals surface area contributed by atoms with Crippen LogP contribution in [0.3, 0.4) is 0 Å². The zero-order chi connectivity index (χ0) is 13.7. The summed E-state index contributed by atoms with van der Waals surface area (Å²) in [6.45, 7) is 6.05. The molecule has 1 unspecified atom stereocenters. The van der Waals surface area contributed by atoms with Crippen molar-refractivity contribution in [2.45, 2.75) is 39.7 Å². The zero-order valence-electron chi connectivity index (χ0n) is 11.7. The van der Waals surface area contributed by atoms with Crippen LogP contribution in [0.5, 0.6) is 0 Å². The molecule has 1 aromatic heterocycles. The van der Waals surface area contributed by atoms with Gasteiger partial charge in [-0.3, -0.25) is 4.79 Å². The third kappa shape index (κ3) is 2.05. The number of rotatable bonds is 1. The van der Waals surface area contributed by atoms with Crippen molar-refractivity contribution in [3.8, 4) is 0 Å². The summed E-state index contributed by atoms with van der Waals surface area (Å²) in [4.78, 5) is 13.5. The second kappa shape index (κ2) is 4.12. The number of aliphatic hydroxyl groups is 1. The van der Waals surface area contributed by atoms with Crippen LogP contribution in [0.4, 0.5) is 0 Å². The van der Waals surface area contributed by atoms with Crippen molar-refractivity contribution in [1.29, 1.82) is 0 Å². The molecule has 100 valence electrons. The van der Waals surface area contributed by atoms with Gasteiger partial charge in [0.05, 0.1) is 6.10 Å². The standard InChI is InChI=1S/C14H21NO3/c1-8-11-9(16)6-14(2,3)7-10(11)18-12(8)13(17)15(4)5/h9,16H,6-7H2,1-5H3. The summed E-state index contributed by atoms with van der Waals surface area (Å²) in [6.07, 6.45) is 0.938. The first-order valence-corrected chi connectivity index (χ1v) is 6.25. The van der Waals surface area contributed by atoms with Gasteiger partial charge < -0.3 is 14.4 Å². The lowest BCUT2D eigenvalue weighted by molar-refractivity contribution is 0.0782. The van der Waals surface area contributed by atoms with Gasteiger partial charge in [0.15, 0.2) is 5.76 Å². The molecule has 0 bridgehead atoms. The van der Waals surface area contributed by atoms with Gasteiger partial charge in [0, 0.05) is 31.6 Å². The smallest absolute Gasteiger partial charge is 0.289 e. The van der Waals surface area contributed by atoms with Gasteiger partial charge in [-0.1, -0.05) is 13.8 Å². The van der Waals surface area contributed by atoms with Crippen LogP contribution in [0, 0.1) is 12.3 Å². The topological polar surface area (TPSA) is 53.7 Å². The van der Waals surface area contributed by atoms with E-state index in [0.29, 0.717) is 12.2 Å². The van der Waals surface area contributed by atoms with E-state index in [4.69, 9.17) is 4.42 Å². The van der Waals surface area contributed by atoms with Crippen LogP contribution in [-0.2, 0) is 6.42 Å². The van der Waals surface area contributed by atoms with Gasteiger partial charge in [0.2, 0.25) is 0 Å². The summed E-state index contributed by atoms with van der Waals surface area (Å²) in [6, 6.07) is 0. The number of aliphatic hydroxyl groups excluding tert-OH is 1. The van der Waals surface area contributed by atoms with Gasteiger partial charge in [0.25, 0.3) is 5.91 Å². The summed E-state index contributed by atoms with van der Waals surface area (Å²) in [7, 11) is 3.40. The lowest BCUT2D eigenvalue weighted by Crippen LogP contribution is -2.25.